The lowest BCUT2D eigenvalue weighted by Gasteiger charge is -2.04. The number of benzene rings is 2. The van der Waals surface area contributed by atoms with Crippen LogP contribution in [0.3, 0.4) is 0 Å². The number of para-hydroxylation sites is 1. The minimum atomic E-state index is -0.214. The number of aryl methyl sites for hydroxylation is 1. The molecule has 2 aromatic carbocycles. The van der Waals surface area contributed by atoms with Gasteiger partial charge in [0.25, 0.3) is 5.91 Å². The summed E-state index contributed by atoms with van der Waals surface area (Å²) in [6.07, 6.45) is 3.92. The van der Waals surface area contributed by atoms with Gasteiger partial charge in [-0.25, -0.2) is 5.43 Å². The average molecular weight is 319 g/mol. The molecule has 0 spiro atoms. The maximum atomic E-state index is 12.4. The first kappa shape index (κ1) is 16.0. The van der Waals surface area contributed by atoms with E-state index in [2.05, 4.69) is 34.6 Å². The quantitative estimate of drug-likeness (QED) is 0.535. The first-order chi connectivity index (χ1) is 11.7. The lowest BCUT2D eigenvalue weighted by molar-refractivity contribution is 0.0956. The summed E-state index contributed by atoms with van der Waals surface area (Å²) in [5.74, 6) is -0.214. The molecule has 4 nitrogen and oxygen atoms in total. The summed E-state index contributed by atoms with van der Waals surface area (Å²) >= 11 is 0. The van der Waals surface area contributed by atoms with Crippen molar-refractivity contribution in [1.29, 1.82) is 0 Å². The Morgan fingerprint density at radius 2 is 1.88 bits per heavy atom. The van der Waals surface area contributed by atoms with Crippen molar-refractivity contribution in [2.24, 2.45) is 5.10 Å². The Morgan fingerprint density at radius 1 is 1.12 bits per heavy atom. The third-order valence-electron chi connectivity index (χ3n) is 4.07. The van der Waals surface area contributed by atoms with Crippen molar-refractivity contribution >= 4 is 22.5 Å². The SMILES string of the molecule is CCCc1ccc(/C(C)=N/NC(=O)c2c[nH]c3ccccc23)cc1. The van der Waals surface area contributed by atoms with Gasteiger partial charge in [-0.1, -0.05) is 55.8 Å². The van der Waals surface area contributed by atoms with E-state index in [1.165, 1.54) is 5.56 Å². The molecule has 0 radical (unpaired) electrons. The van der Waals surface area contributed by atoms with Crippen molar-refractivity contribution in [1.82, 2.24) is 10.4 Å². The van der Waals surface area contributed by atoms with Crippen LogP contribution in [0, 0.1) is 0 Å². The number of aromatic nitrogens is 1. The van der Waals surface area contributed by atoms with E-state index in [4.69, 9.17) is 0 Å². The number of H-pyrrole nitrogens is 1. The minimum Gasteiger partial charge on any atom is -0.360 e. The van der Waals surface area contributed by atoms with Gasteiger partial charge in [0, 0.05) is 17.1 Å². The van der Waals surface area contributed by atoms with Crippen molar-refractivity contribution in [3.63, 3.8) is 0 Å². The van der Waals surface area contributed by atoms with Gasteiger partial charge in [0.1, 0.15) is 0 Å². The molecule has 0 saturated heterocycles. The highest BCUT2D eigenvalue weighted by Crippen LogP contribution is 2.17. The number of aromatic amines is 1. The summed E-state index contributed by atoms with van der Waals surface area (Å²) in [6, 6.07) is 16.0. The number of amides is 1. The molecule has 0 atom stereocenters. The predicted molar refractivity (Wildman–Crippen MR) is 98.4 cm³/mol. The lowest BCUT2D eigenvalue weighted by atomic mass is 10.1. The zero-order valence-electron chi connectivity index (χ0n) is 14.0. The van der Waals surface area contributed by atoms with Crippen LogP contribution in [0.4, 0.5) is 0 Å². The van der Waals surface area contributed by atoms with Gasteiger partial charge in [-0.2, -0.15) is 5.10 Å². The molecule has 1 amide bonds. The Hall–Kier alpha value is -2.88. The Morgan fingerprint density at radius 3 is 2.62 bits per heavy atom. The summed E-state index contributed by atoms with van der Waals surface area (Å²) in [7, 11) is 0. The number of rotatable bonds is 5. The summed E-state index contributed by atoms with van der Waals surface area (Å²) in [6.45, 7) is 4.06. The molecule has 0 aliphatic heterocycles. The summed E-state index contributed by atoms with van der Waals surface area (Å²) in [5, 5.41) is 5.13. The van der Waals surface area contributed by atoms with E-state index in [9.17, 15) is 4.79 Å². The van der Waals surface area contributed by atoms with E-state index < -0.39 is 0 Å². The van der Waals surface area contributed by atoms with E-state index in [0.717, 1.165) is 35.0 Å². The fraction of sp³-hybridized carbons (Fsp3) is 0.200. The fourth-order valence-corrected chi connectivity index (χ4v) is 2.72. The second-order valence-electron chi connectivity index (χ2n) is 5.83. The molecule has 0 unspecified atom stereocenters. The number of carbonyl (C=O) groups is 1. The van der Waals surface area contributed by atoms with Gasteiger partial charge in [0.2, 0.25) is 0 Å². The molecular weight excluding hydrogens is 298 g/mol. The van der Waals surface area contributed by atoms with Crippen LogP contribution in [0.25, 0.3) is 10.9 Å². The highest BCUT2D eigenvalue weighted by atomic mass is 16.2. The molecule has 2 N–H and O–H groups in total. The first-order valence-electron chi connectivity index (χ1n) is 8.19. The zero-order chi connectivity index (χ0) is 16.9. The summed E-state index contributed by atoms with van der Waals surface area (Å²) in [4.78, 5) is 15.5. The van der Waals surface area contributed by atoms with E-state index >= 15 is 0 Å². The van der Waals surface area contributed by atoms with Gasteiger partial charge < -0.3 is 4.98 Å². The monoisotopic (exact) mass is 319 g/mol. The van der Waals surface area contributed by atoms with Crippen LogP contribution in [-0.2, 0) is 6.42 Å². The Kier molecular flexibility index (Phi) is 4.75. The van der Waals surface area contributed by atoms with Gasteiger partial charge in [-0.3, -0.25) is 4.79 Å². The van der Waals surface area contributed by atoms with Crippen molar-refractivity contribution < 1.29 is 4.79 Å². The number of fused-ring (bicyclic) bond motifs is 1. The van der Waals surface area contributed by atoms with Gasteiger partial charge in [0.15, 0.2) is 0 Å². The van der Waals surface area contributed by atoms with Crippen molar-refractivity contribution in [2.75, 3.05) is 0 Å². The number of carbonyl (C=O) groups excluding carboxylic acids is 1. The highest BCUT2D eigenvalue weighted by molar-refractivity contribution is 6.07. The van der Waals surface area contributed by atoms with E-state index in [1.54, 1.807) is 6.20 Å². The zero-order valence-corrected chi connectivity index (χ0v) is 14.0. The molecule has 0 bridgehead atoms. The maximum absolute atomic E-state index is 12.4. The summed E-state index contributed by atoms with van der Waals surface area (Å²) in [5.41, 5.74) is 7.29. The van der Waals surface area contributed by atoms with Gasteiger partial charge in [-0.05, 0) is 30.5 Å². The number of hydrogen-bond donors (Lipinski definition) is 2. The molecule has 1 aromatic heterocycles. The molecule has 3 rings (SSSR count). The Balaban J connectivity index is 1.73. The minimum absolute atomic E-state index is 0.214. The third-order valence-corrected chi connectivity index (χ3v) is 4.07. The molecule has 3 aromatic rings. The maximum Gasteiger partial charge on any atom is 0.273 e. The number of hydrogen-bond acceptors (Lipinski definition) is 2. The van der Waals surface area contributed by atoms with Crippen LogP contribution in [0.2, 0.25) is 0 Å². The van der Waals surface area contributed by atoms with Crippen LogP contribution in [0.15, 0.2) is 59.8 Å². The van der Waals surface area contributed by atoms with Crippen molar-refractivity contribution in [3.05, 3.63) is 71.4 Å². The fourth-order valence-electron chi connectivity index (χ4n) is 2.72. The molecule has 0 aliphatic carbocycles. The second-order valence-corrected chi connectivity index (χ2v) is 5.83. The molecule has 1 heterocycles. The number of nitrogens with one attached hydrogen (secondary N) is 2. The Bertz CT molecular complexity index is 875. The predicted octanol–water partition coefficient (Wildman–Crippen LogP) is 4.27. The van der Waals surface area contributed by atoms with Crippen LogP contribution in [0.1, 0.15) is 41.8 Å². The lowest BCUT2D eigenvalue weighted by Crippen LogP contribution is -2.19. The molecule has 122 valence electrons. The van der Waals surface area contributed by atoms with Crippen molar-refractivity contribution in [3.8, 4) is 0 Å². The van der Waals surface area contributed by atoms with Gasteiger partial charge in [0.05, 0.1) is 11.3 Å². The molecule has 0 fully saturated rings. The Labute approximate surface area is 141 Å². The smallest absolute Gasteiger partial charge is 0.273 e. The van der Waals surface area contributed by atoms with Crippen LogP contribution < -0.4 is 5.43 Å². The highest BCUT2D eigenvalue weighted by Gasteiger charge is 2.11. The largest absolute Gasteiger partial charge is 0.360 e. The normalized spacial score (nSPS) is 11.7. The molecular formula is C20H21N3O. The topological polar surface area (TPSA) is 57.2 Å². The second kappa shape index (κ2) is 7.13. The van der Waals surface area contributed by atoms with E-state index in [0.29, 0.717) is 5.56 Å². The number of nitrogens with zero attached hydrogens (tertiary/aromatic N) is 1. The molecule has 0 aliphatic rings. The van der Waals surface area contributed by atoms with Gasteiger partial charge in [-0.15, -0.1) is 0 Å². The average Bonchev–Trinajstić information content (AvgIpc) is 3.04. The van der Waals surface area contributed by atoms with E-state index in [-0.39, 0.29) is 5.91 Å². The van der Waals surface area contributed by atoms with Gasteiger partial charge >= 0.3 is 0 Å². The van der Waals surface area contributed by atoms with Crippen LogP contribution in [-0.4, -0.2) is 16.6 Å². The first-order valence-corrected chi connectivity index (χ1v) is 8.19. The standard InChI is InChI=1S/C20H21N3O/c1-3-6-15-9-11-16(12-10-15)14(2)22-23-20(24)18-13-21-19-8-5-4-7-17(18)19/h4-5,7-13,21H,3,6H2,1-2H3,(H,23,24)/b22-14+. The van der Waals surface area contributed by atoms with Crippen LogP contribution in [0.5, 0.6) is 0 Å². The van der Waals surface area contributed by atoms with Crippen LogP contribution >= 0.6 is 0 Å². The summed E-state index contributed by atoms with van der Waals surface area (Å²) < 4.78 is 0. The molecule has 24 heavy (non-hydrogen) atoms. The van der Waals surface area contributed by atoms with E-state index in [1.807, 2.05) is 43.3 Å². The third kappa shape index (κ3) is 3.38. The molecule has 4 heteroatoms. The van der Waals surface area contributed by atoms with Crippen molar-refractivity contribution in [2.45, 2.75) is 26.7 Å². The number of hydrazone groups is 1. The molecule has 0 saturated carbocycles.